The summed E-state index contributed by atoms with van der Waals surface area (Å²) < 4.78 is 19.5. The van der Waals surface area contributed by atoms with Crippen LogP contribution in [0.4, 0.5) is 4.39 Å². The smallest absolute Gasteiger partial charge is 0.233 e. The van der Waals surface area contributed by atoms with Crippen LogP contribution in [-0.4, -0.2) is 61.6 Å². The van der Waals surface area contributed by atoms with Crippen molar-refractivity contribution in [2.24, 2.45) is 0 Å². The molecule has 2 aliphatic heterocycles. The highest BCUT2D eigenvalue weighted by molar-refractivity contribution is 5.88. The first-order valence-electron chi connectivity index (χ1n) is 10.7. The molecule has 5 heteroatoms. The van der Waals surface area contributed by atoms with Crippen LogP contribution in [0, 0.1) is 5.82 Å². The van der Waals surface area contributed by atoms with Gasteiger partial charge in [-0.1, -0.05) is 54.6 Å². The standard InChI is InChI=1S/C25H29FN2O2/c26-23-10-4-9-22(20-23)25(11-18-30-19-12-25)24(29)28-16-14-27(15-17-28)13-5-8-21-6-2-1-3-7-21/h1-10,20H,11-19H2. The molecule has 30 heavy (non-hydrogen) atoms. The van der Waals surface area contributed by atoms with Crippen LogP contribution in [0.15, 0.2) is 60.7 Å². The molecule has 0 unspecified atom stereocenters. The first-order valence-corrected chi connectivity index (χ1v) is 10.7. The summed E-state index contributed by atoms with van der Waals surface area (Å²) in [5.74, 6) is -0.169. The lowest BCUT2D eigenvalue weighted by atomic mass is 9.73. The normalized spacial score (nSPS) is 19.8. The maximum Gasteiger partial charge on any atom is 0.233 e. The van der Waals surface area contributed by atoms with Gasteiger partial charge in [0.15, 0.2) is 0 Å². The minimum absolute atomic E-state index is 0.121. The summed E-state index contributed by atoms with van der Waals surface area (Å²) in [4.78, 5) is 17.9. The van der Waals surface area contributed by atoms with E-state index in [1.807, 2.05) is 29.2 Å². The zero-order valence-electron chi connectivity index (χ0n) is 17.3. The minimum Gasteiger partial charge on any atom is -0.381 e. The average molecular weight is 409 g/mol. The number of hydrogen-bond donors (Lipinski definition) is 0. The summed E-state index contributed by atoms with van der Waals surface area (Å²) in [6, 6.07) is 16.8. The van der Waals surface area contributed by atoms with E-state index in [1.165, 1.54) is 17.7 Å². The van der Waals surface area contributed by atoms with Gasteiger partial charge in [-0.3, -0.25) is 9.69 Å². The van der Waals surface area contributed by atoms with E-state index in [1.54, 1.807) is 6.07 Å². The number of ether oxygens (including phenoxy) is 1. The average Bonchev–Trinajstić information content (AvgIpc) is 2.80. The summed E-state index contributed by atoms with van der Waals surface area (Å²) in [5, 5.41) is 0. The zero-order chi connectivity index (χ0) is 20.8. The number of rotatable bonds is 5. The molecule has 2 saturated heterocycles. The number of carbonyl (C=O) groups is 1. The van der Waals surface area contributed by atoms with E-state index >= 15 is 0 Å². The quantitative estimate of drug-likeness (QED) is 0.756. The molecule has 158 valence electrons. The fourth-order valence-electron chi connectivity index (χ4n) is 4.47. The maximum absolute atomic E-state index is 13.9. The number of benzene rings is 2. The van der Waals surface area contributed by atoms with Gasteiger partial charge in [-0.2, -0.15) is 0 Å². The van der Waals surface area contributed by atoms with Crippen LogP contribution in [0.3, 0.4) is 0 Å². The Balaban J connectivity index is 1.39. The number of piperazine rings is 1. The zero-order valence-corrected chi connectivity index (χ0v) is 17.3. The second kappa shape index (κ2) is 9.54. The number of carbonyl (C=O) groups excluding carboxylic acids is 1. The van der Waals surface area contributed by atoms with Gasteiger partial charge in [-0.25, -0.2) is 4.39 Å². The monoisotopic (exact) mass is 408 g/mol. The predicted molar refractivity (Wildman–Crippen MR) is 117 cm³/mol. The molecule has 4 rings (SSSR count). The van der Waals surface area contributed by atoms with Gasteiger partial charge in [0, 0.05) is 45.9 Å². The molecule has 2 heterocycles. The Bertz CT molecular complexity index is 870. The molecule has 0 atom stereocenters. The van der Waals surface area contributed by atoms with Crippen molar-refractivity contribution in [1.82, 2.24) is 9.80 Å². The number of hydrogen-bond acceptors (Lipinski definition) is 3. The summed E-state index contributed by atoms with van der Waals surface area (Å²) in [7, 11) is 0. The fourth-order valence-corrected chi connectivity index (χ4v) is 4.47. The summed E-state index contributed by atoms with van der Waals surface area (Å²) in [6.45, 7) is 5.05. The van der Waals surface area contributed by atoms with Gasteiger partial charge in [0.2, 0.25) is 5.91 Å². The van der Waals surface area contributed by atoms with E-state index in [-0.39, 0.29) is 11.7 Å². The predicted octanol–water partition coefficient (Wildman–Crippen LogP) is 3.73. The van der Waals surface area contributed by atoms with Crippen molar-refractivity contribution in [1.29, 1.82) is 0 Å². The molecule has 2 aromatic carbocycles. The van der Waals surface area contributed by atoms with Gasteiger partial charge in [-0.15, -0.1) is 0 Å². The van der Waals surface area contributed by atoms with Crippen molar-refractivity contribution < 1.29 is 13.9 Å². The fraction of sp³-hybridized carbons (Fsp3) is 0.400. The highest BCUT2D eigenvalue weighted by Gasteiger charge is 2.44. The third-order valence-electron chi connectivity index (χ3n) is 6.27. The first kappa shape index (κ1) is 20.8. The summed E-state index contributed by atoms with van der Waals surface area (Å²) in [6.07, 6.45) is 5.53. The summed E-state index contributed by atoms with van der Waals surface area (Å²) in [5.41, 5.74) is 1.31. The Morgan fingerprint density at radius 1 is 1.00 bits per heavy atom. The van der Waals surface area contributed by atoms with Crippen LogP contribution in [0.25, 0.3) is 6.08 Å². The Labute approximate surface area is 177 Å². The molecule has 2 aliphatic rings. The second-order valence-corrected chi connectivity index (χ2v) is 8.11. The number of halogens is 1. The van der Waals surface area contributed by atoms with Crippen LogP contribution in [0.2, 0.25) is 0 Å². The molecule has 0 aromatic heterocycles. The van der Waals surface area contributed by atoms with Crippen LogP contribution >= 0.6 is 0 Å². The second-order valence-electron chi connectivity index (χ2n) is 8.11. The molecule has 0 radical (unpaired) electrons. The van der Waals surface area contributed by atoms with Crippen LogP contribution in [0.1, 0.15) is 24.0 Å². The van der Waals surface area contributed by atoms with E-state index in [9.17, 15) is 9.18 Å². The first-order chi connectivity index (χ1) is 14.7. The van der Waals surface area contributed by atoms with E-state index in [0.29, 0.717) is 39.1 Å². The lowest BCUT2D eigenvalue weighted by Crippen LogP contribution is -2.56. The van der Waals surface area contributed by atoms with Crippen molar-refractivity contribution in [3.63, 3.8) is 0 Å². The molecule has 0 saturated carbocycles. The lowest BCUT2D eigenvalue weighted by Gasteiger charge is -2.43. The van der Waals surface area contributed by atoms with Crippen LogP contribution < -0.4 is 0 Å². The number of amides is 1. The van der Waals surface area contributed by atoms with Crippen molar-refractivity contribution in [3.05, 3.63) is 77.6 Å². The Morgan fingerprint density at radius 2 is 1.73 bits per heavy atom. The largest absolute Gasteiger partial charge is 0.381 e. The molecule has 2 fully saturated rings. The molecule has 4 nitrogen and oxygen atoms in total. The van der Waals surface area contributed by atoms with Crippen LogP contribution in [-0.2, 0) is 14.9 Å². The molecule has 0 aliphatic carbocycles. The van der Waals surface area contributed by atoms with Gasteiger partial charge in [-0.05, 0) is 36.1 Å². The summed E-state index contributed by atoms with van der Waals surface area (Å²) >= 11 is 0. The third-order valence-corrected chi connectivity index (χ3v) is 6.27. The Hall–Kier alpha value is -2.50. The molecule has 0 bridgehead atoms. The Kier molecular flexibility index (Phi) is 6.60. The molecule has 0 N–H and O–H groups in total. The molecule has 2 aromatic rings. The molecular weight excluding hydrogens is 379 g/mol. The van der Waals surface area contributed by atoms with Gasteiger partial charge >= 0.3 is 0 Å². The lowest BCUT2D eigenvalue weighted by molar-refractivity contribution is -0.143. The van der Waals surface area contributed by atoms with E-state index < -0.39 is 5.41 Å². The highest BCUT2D eigenvalue weighted by Crippen LogP contribution is 2.37. The van der Waals surface area contributed by atoms with Crippen molar-refractivity contribution in [2.75, 3.05) is 45.9 Å². The van der Waals surface area contributed by atoms with Crippen molar-refractivity contribution in [3.8, 4) is 0 Å². The third kappa shape index (κ3) is 4.63. The van der Waals surface area contributed by atoms with E-state index in [4.69, 9.17) is 4.74 Å². The van der Waals surface area contributed by atoms with Crippen molar-refractivity contribution in [2.45, 2.75) is 18.3 Å². The molecule has 1 amide bonds. The highest BCUT2D eigenvalue weighted by atomic mass is 19.1. The van der Waals surface area contributed by atoms with Gasteiger partial charge in [0.05, 0.1) is 5.41 Å². The van der Waals surface area contributed by atoms with Gasteiger partial charge in [0.25, 0.3) is 0 Å². The molecule has 0 spiro atoms. The molecular formula is C25H29FN2O2. The van der Waals surface area contributed by atoms with Gasteiger partial charge < -0.3 is 9.64 Å². The topological polar surface area (TPSA) is 32.8 Å². The van der Waals surface area contributed by atoms with Crippen LogP contribution in [0.5, 0.6) is 0 Å². The number of nitrogens with zero attached hydrogens (tertiary/aromatic N) is 2. The Morgan fingerprint density at radius 3 is 2.43 bits per heavy atom. The minimum atomic E-state index is -0.671. The SMILES string of the molecule is O=C(N1CCN(CC=Cc2ccccc2)CC1)C1(c2cccc(F)c2)CCOCC1. The maximum atomic E-state index is 13.9. The van der Waals surface area contributed by atoms with E-state index in [2.05, 4.69) is 29.2 Å². The van der Waals surface area contributed by atoms with Crippen molar-refractivity contribution >= 4 is 12.0 Å². The van der Waals surface area contributed by atoms with Gasteiger partial charge in [0.1, 0.15) is 5.82 Å². The van der Waals surface area contributed by atoms with E-state index in [0.717, 1.165) is 25.2 Å².